The number of carbonyl (C=O) groups is 1. The summed E-state index contributed by atoms with van der Waals surface area (Å²) in [4.78, 5) is 17.2. The van der Waals surface area contributed by atoms with Crippen molar-refractivity contribution in [3.05, 3.63) is 42.6 Å². The lowest BCUT2D eigenvalue weighted by atomic mass is 10.1. The molecule has 0 atom stereocenters. The van der Waals surface area contributed by atoms with Crippen molar-refractivity contribution in [1.82, 2.24) is 9.88 Å². The van der Waals surface area contributed by atoms with Crippen LogP contribution in [0.3, 0.4) is 0 Å². The third kappa shape index (κ3) is 2.09. The van der Waals surface area contributed by atoms with E-state index < -0.39 is 0 Å². The number of nitrogen functional groups attached to an aromatic ring is 1. The Balaban J connectivity index is 2.41. The van der Waals surface area contributed by atoms with Crippen molar-refractivity contribution in [3.8, 4) is 0 Å². The molecular weight excluding hydrogens is 226 g/mol. The molecule has 3 N–H and O–H groups in total. The lowest BCUT2D eigenvalue weighted by molar-refractivity contribution is 0.0784. The van der Waals surface area contributed by atoms with Gasteiger partial charge in [-0.15, -0.1) is 6.58 Å². The Bertz CT molecular complexity index is 586. The monoisotopic (exact) mass is 243 g/mol. The van der Waals surface area contributed by atoms with Gasteiger partial charge in [0.25, 0.3) is 5.91 Å². The number of hydrogen-bond acceptors (Lipinski definition) is 2. The summed E-state index contributed by atoms with van der Waals surface area (Å²) in [6.07, 6.45) is 3.46. The van der Waals surface area contributed by atoms with Gasteiger partial charge in [-0.3, -0.25) is 4.79 Å². The molecule has 0 fully saturated rings. The fraction of sp³-hybridized carbons (Fsp3) is 0.214. The molecule has 4 heteroatoms. The first-order valence-corrected chi connectivity index (χ1v) is 5.94. The van der Waals surface area contributed by atoms with Crippen molar-refractivity contribution in [2.45, 2.75) is 6.92 Å². The van der Waals surface area contributed by atoms with E-state index in [2.05, 4.69) is 11.6 Å². The second-order valence-corrected chi connectivity index (χ2v) is 4.14. The minimum Gasteiger partial charge on any atom is -0.399 e. The average Bonchev–Trinajstić information content (AvgIpc) is 2.77. The summed E-state index contributed by atoms with van der Waals surface area (Å²) < 4.78 is 0. The highest BCUT2D eigenvalue weighted by Crippen LogP contribution is 2.21. The quantitative estimate of drug-likeness (QED) is 0.639. The third-order valence-electron chi connectivity index (χ3n) is 2.95. The predicted molar refractivity (Wildman–Crippen MR) is 74.5 cm³/mol. The van der Waals surface area contributed by atoms with E-state index in [0.29, 0.717) is 24.3 Å². The van der Waals surface area contributed by atoms with Gasteiger partial charge >= 0.3 is 0 Å². The third-order valence-corrected chi connectivity index (χ3v) is 2.95. The standard InChI is InChI=1S/C14H17N3O/c1-3-7-17(4-2)14(18)12-9-16-13-8-10(15)5-6-11(12)13/h3,5-6,8-9,16H,1,4,7,15H2,2H3. The molecular formula is C14H17N3O. The summed E-state index contributed by atoms with van der Waals surface area (Å²) >= 11 is 0. The molecule has 0 saturated carbocycles. The molecule has 2 aromatic rings. The highest BCUT2D eigenvalue weighted by Gasteiger charge is 2.16. The van der Waals surface area contributed by atoms with Crippen LogP contribution < -0.4 is 5.73 Å². The van der Waals surface area contributed by atoms with Gasteiger partial charge in [0.05, 0.1) is 5.56 Å². The lowest BCUT2D eigenvalue weighted by Gasteiger charge is -2.18. The van der Waals surface area contributed by atoms with Gasteiger partial charge in [0, 0.05) is 35.9 Å². The summed E-state index contributed by atoms with van der Waals surface area (Å²) in [6, 6.07) is 5.50. The van der Waals surface area contributed by atoms with E-state index in [0.717, 1.165) is 10.9 Å². The zero-order valence-corrected chi connectivity index (χ0v) is 10.4. The van der Waals surface area contributed by atoms with Crippen molar-refractivity contribution in [2.75, 3.05) is 18.8 Å². The predicted octanol–water partition coefficient (Wildman–Crippen LogP) is 2.40. The molecule has 4 nitrogen and oxygen atoms in total. The number of hydrogen-bond donors (Lipinski definition) is 2. The van der Waals surface area contributed by atoms with Gasteiger partial charge in [0.1, 0.15) is 0 Å². The molecule has 0 saturated heterocycles. The largest absolute Gasteiger partial charge is 0.399 e. The number of nitrogens with two attached hydrogens (primary N) is 1. The number of likely N-dealkylation sites (N-methyl/N-ethyl adjacent to an activating group) is 1. The number of nitrogens with one attached hydrogen (secondary N) is 1. The number of amides is 1. The Labute approximate surface area is 106 Å². The minimum absolute atomic E-state index is 0.00780. The summed E-state index contributed by atoms with van der Waals surface area (Å²) in [5, 5.41) is 0.900. The van der Waals surface area contributed by atoms with E-state index in [4.69, 9.17) is 5.73 Å². The van der Waals surface area contributed by atoms with E-state index in [1.807, 2.05) is 19.1 Å². The van der Waals surface area contributed by atoms with Crippen LogP contribution in [0.1, 0.15) is 17.3 Å². The normalized spacial score (nSPS) is 10.5. The van der Waals surface area contributed by atoms with Crippen molar-refractivity contribution in [3.63, 3.8) is 0 Å². The Kier molecular flexibility index (Phi) is 3.37. The first-order chi connectivity index (χ1) is 8.67. The Morgan fingerprint density at radius 2 is 2.33 bits per heavy atom. The van der Waals surface area contributed by atoms with Crippen LogP contribution in [0.5, 0.6) is 0 Å². The molecule has 94 valence electrons. The highest BCUT2D eigenvalue weighted by molar-refractivity contribution is 6.07. The summed E-state index contributed by atoms with van der Waals surface area (Å²) in [6.45, 7) is 6.83. The van der Waals surface area contributed by atoms with Crippen molar-refractivity contribution >= 4 is 22.5 Å². The molecule has 0 aliphatic carbocycles. The topological polar surface area (TPSA) is 62.1 Å². The first kappa shape index (κ1) is 12.2. The molecule has 2 rings (SSSR count). The molecule has 1 heterocycles. The number of rotatable bonds is 4. The highest BCUT2D eigenvalue weighted by atomic mass is 16.2. The second kappa shape index (κ2) is 4.96. The molecule has 0 spiro atoms. The maximum absolute atomic E-state index is 12.4. The van der Waals surface area contributed by atoms with E-state index in [1.54, 1.807) is 23.2 Å². The van der Waals surface area contributed by atoms with Gasteiger partial charge < -0.3 is 15.6 Å². The van der Waals surface area contributed by atoms with E-state index in [9.17, 15) is 4.79 Å². The van der Waals surface area contributed by atoms with Crippen LogP contribution in [0.4, 0.5) is 5.69 Å². The van der Waals surface area contributed by atoms with Gasteiger partial charge in [-0.05, 0) is 25.1 Å². The maximum atomic E-state index is 12.4. The number of benzene rings is 1. The smallest absolute Gasteiger partial charge is 0.256 e. The number of aromatic amines is 1. The Morgan fingerprint density at radius 3 is 3.00 bits per heavy atom. The summed E-state index contributed by atoms with van der Waals surface area (Å²) in [5.41, 5.74) is 7.95. The SMILES string of the molecule is C=CCN(CC)C(=O)c1c[nH]c2cc(N)ccc12. The molecule has 0 aliphatic rings. The fourth-order valence-corrected chi connectivity index (χ4v) is 2.00. The van der Waals surface area contributed by atoms with E-state index in [-0.39, 0.29) is 5.91 Å². The summed E-state index contributed by atoms with van der Waals surface area (Å²) in [7, 11) is 0. The lowest BCUT2D eigenvalue weighted by Crippen LogP contribution is -2.30. The van der Waals surface area contributed by atoms with Crippen LogP contribution in [-0.2, 0) is 0 Å². The van der Waals surface area contributed by atoms with Gasteiger partial charge in [-0.2, -0.15) is 0 Å². The Hall–Kier alpha value is -2.23. The van der Waals surface area contributed by atoms with Gasteiger partial charge in [0.15, 0.2) is 0 Å². The van der Waals surface area contributed by atoms with Gasteiger partial charge in [0.2, 0.25) is 0 Å². The second-order valence-electron chi connectivity index (χ2n) is 4.14. The van der Waals surface area contributed by atoms with Crippen molar-refractivity contribution < 1.29 is 4.79 Å². The number of anilines is 1. The Morgan fingerprint density at radius 1 is 1.56 bits per heavy atom. The number of aromatic nitrogens is 1. The molecule has 1 amide bonds. The number of nitrogens with zero attached hydrogens (tertiary/aromatic N) is 1. The van der Waals surface area contributed by atoms with Crippen molar-refractivity contribution in [1.29, 1.82) is 0 Å². The van der Waals surface area contributed by atoms with Crippen LogP contribution in [0.2, 0.25) is 0 Å². The molecule has 0 bridgehead atoms. The van der Waals surface area contributed by atoms with Crippen LogP contribution in [0.15, 0.2) is 37.1 Å². The molecule has 1 aromatic carbocycles. The van der Waals surface area contributed by atoms with E-state index in [1.165, 1.54) is 0 Å². The molecule has 0 radical (unpaired) electrons. The molecule has 0 aliphatic heterocycles. The van der Waals surface area contributed by atoms with Crippen LogP contribution >= 0.6 is 0 Å². The van der Waals surface area contributed by atoms with Crippen LogP contribution in [0, 0.1) is 0 Å². The van der Waals surface area contributed by atoms with Crippen LogP contribution in [0.25, 0.3) is 10.9 Å². The number of H-pyrrole nitrogens is 1. The zero-order valence-electron chi connectivity index (χ0n) is 10.4. The van der Waals surface area contributed by atoms with Gasteiger partial charge in [-0.1, -0.05) is 6.08 Å². The first-order valence-electron chi connectivity index (χ1n) is 5.94. The van der Waals surface area contributed by atoms with Crippen molar-refractivity contribution in [2.24, 2.45) is 0 Å². The van der Waals surface area contributed by atoms with E-state index >= 15 is 0 Å². The van der Waals surface area contributed by atoms with Gasteiger partial charge in [-0.25, -0.2) is 0 Å². The van der Waals surface area contributed by atoms with Crippen LogP contribution in [-0.4, -0.2) is 28.9 Å². The number of fused-ring (bicyclic) bond motifs is 1. The zero-order chi connectivity index (χ0) is 13.1. The molecule has 18 heavy (non-hydrogen) atoms. The molecule has 1 aromatic heterocycles. The molecule has 0 unspecified atom stereocenters. The average molecular weight is 243 g/mol. The fourth-order valence-electron chi connectivity index (χ4n) is 2.00. The maximum Gasteiger partial charge on any atom is 0.256 e. The minimum atomic E-state index is 0.00780. The summed E-state index contributed by atoms with van der Waals surface area (Å²) in [5.74, 6) is 0.00780. The number of carbonyl (C=O) groups excluding carboxylic acids is 1.